The molecule has 0 bridgehead atoms. The first kappa shape index (κ1) is 17.3. The minimum atomic E-state index is -0.0577. The summed E-state index contributed by atoms with van der Waals surface area (Å²) in [5.41, 5.74) is 6.51. The van der Waals surface area contributed by atoms with Crippen molar-refractivity contribution >= 4 is 5.91 Å². The van der Waals surface area contributed by atoms with Crippen LogP contribution in [0.25, 0.3) is 0 Å². The molecule has 0 heterocycles. The molecular weight excluding hydrogens is 268 g/mol. The quantitative estimate of drug-likeness (QED) is 0.766. The van der Waals surface area contributed by atoms with Crippen LogP contribution in [0.5, 0.6) is 11.5 Å². The van der Waals surface area contributed by atoms with E-state index in [-0.39, 0.29) is 18.4 Å². The summed E-state index contributed by atoms with van der Waals surface area (Å²) in [5, 5.41) is 2.97. The van der Waals surface area contributed by atoms with Crippen LogP contribution in [-0.2, 0) is 11.2 Å². The number of hydrogen-bond donors (Lipinski definition) is 2. The van der Waals surface area contributed by atoms with Crippen molar-refractivity contribution in [1.82, 2.24) is 5.32 Å². The molecule has 118 valence electrons. The van der Waals surface area contributed by atoms with Gasteiger partial charge in [0.15, 0.2) is 0 Å². The molecule has 0 radical (unpaired) electrons. The lowest BCUT2D eigenvalue weighted by Crippen LogP contribution is -2.41. The Kier molecular flexibility index (Phi) is 7.02. The standard InChI is InChI=1S/C16H26N2O3/c1-11(2)7-13(10-17)18-16(19)9-12-8-14(20-3)5-6-15(12)21-4/h5-6,8,11,13H,7,9-10,17H2,1-4H3,(H,18,19). The van der Waals surface area contributed by atoms with Crippen molar-refractivity contribution in [2.24, 2.45) is 11.7 Å². The van der Waals surface area contributed by atoms with E-state index in [0.717, 1.165) is 12.0 Å². The second-order valence-corrected chi connectivity index (χ2v) is 5.48. The fraction of sp³-hybridized carbons (Fsp3) is 0.562. The Morgan fingerprint density at radius 2 is 2.00 bits per heavy atom. The highest BCUT2D eigenvalue weighted by Crippen LogP contribution is 2.24. The monoisotopic (exact) mass is 294 g/mol. The molecule has 3 N–H and O–H groups in total. The number of benzene rings is 1. The van der Waals surface area contributed by atoms with Crippen molar-refractivity contribution in [1.29, 1.82) is 0 Å². The van der Waals surface area contributed by atoms with Crippen LogP contribution in [0.15, 0.2) is 18.2 Å². The summed E-state index contributed by atoms with van der Waals surface area (Å²) in [6.45, 7) is 4.67. The number of nitrogens with two attached hydrogens (primary N) is 1. The van der Waals surface area contributed by atoms with E-state index in [4.69, 9.17) is 15.2 Å². The highest BCUT2D eigenvalue weighted by molar-refractivity contribution is 5.79. The van der Waals surface area contributed by atoms with Gasteiger partial charge in [-0.15, -0.1) is 0 Å². The van der Waals surface area contributed by atoms with Crippen LogP contribution in [0.2, 0.25) is 0 Å². The minimum absolute atomic E-state index is 0.00843. The molecule has 0 aliphatic carbocycles. The Hall–Kier alpha value is -1.75. The number of rotatable bonds is 8. The van der Waals surface area contributed by atoms with Crippen LogP contribution < -0.4 is 20.5 Å². The lowest BCUT2D eigenvalue weighted by molar-refractivity contribution is -0.121. The third kappa shape index (κ3) is 5.63. The zero-order valence-electron chi connectivity index (χ0n) is 13.3. The third-order valence-corrected chi connectivity index (χ3v) is 3.24. The zero-order valence-corrected chi connectivity index (χ0v) is 13.3. The van der Waals surface area contributed by atoms with Crippen LogP contribution in [0, 0.1) is 5.92 Å². The predicted octanol–water partition coefficient (Wildman–Crippen LogP) is 1.74. The largest absolute Gasteiger partial charge is 0.497 e. The molecule has 0 aliphatic heterocycles. The number of nitrogens with one attached hydrogen (secondary N) is 1. The van der Waals surface area contributed by atoms with Gasteiger partial charge in [-0.05, 0) is 30.5 Å². The van der Waals surface area contributed by atoms with E-state index in [1.807, 2.05) is 12.1 Å². The molecule has 5 heteroatoms. The van der Waals surface area contributed by atoms with Crippen molar-refractivity contribution in [3.05, 3.63) is 23.8 Å². The maximum absolute atomic E-state index is 12.2. The van der Waals surface area contributed by atoms with E-state index in [0.29, 0.717) is 24.0 Å². The topological polar surface area (TPSA) is 73.6 Å². The van der Waals surface area contributed by atoms with E-state index in [1.54, 1.807) is 20.3 Å². The van der Waals surface area contributed by atoms with Gasteiger partial charge >= 0.3 is 0 Å². The van der Waals surface area contributed by atoms with Crippen LogP contribution in [0.1, 0.15) is 25.8 Å². The molecule has 21 heavy (non-hydrogen) atoms. The smallest absolute Gasteiger partial charge is 0.224 e. The van der Waals surface area contributed by atoms with Gasteiger partial charge in [-0.2, -0.15) is 0 Å². The van der Waals surface area contributed by atoms with Gasteiger partial charge in [0.05, 0.1) is 20.6 Å². The molecule has 0 aliphatic rings. The number of amides is 1. The van der Waals surface area contributed by atoms with E-state index >= 15 is 0 Å². The first-order valence-electron chi connectivity index (χ1n) is 7.20. The lowest BCUT2D eigenvalue weighted by Gasteiger charge is -2.19. The Labute approximate surface area is 126 Å². The lowest BCUT2D eigenvalue weighted by atomic mass is 10.0. The Balaban J connectivity index is 2.73. The number of carbonyl (C=O) groups is 1. The van der Waals surface area contributed by atoms with Gasteiger partial charge in [0, 0.05) is 18.2 Å². The molecule has 1 aromatic rings. The van der Waals surface area contributed by atoms with Gasteiger partial charge in [0.25, 0.3) is 0 Å². The fourth-order valence-corrected chi connectivity index (χ4v) is 2.25. The summed E-state index contributed by atoms with van der Waals surface area (Å²) >= 11 is 0. The van der Waals surface area contributed by atoms with Crippen LogP contribution in [0.4, 0.5) is 0 Å². The van der Waals surface area contributed by atoms with Crippen molar-refractivity contribution in [3.63, 3.8) is 0 Å². The summed E-state index contributed by atoms with van der Waals surface area (Å²) in [5.74, 6) is 1.82. The van der Waals surface area contributed by atoms with Crippen molar-refractivity contribution in [2.45, 2.75) is 32.7 Å². The van der Waals surface area contributed by atoms with Gasteiger partial charge in [0.2, 0.25) is 5.91 Å². The van der Waals surface area contributed by atoms with Crippen LogP contribution in [-0.4, -0.2) is 32.7 Å². The molecule has 5 nitrogen and oxygen atoms in total. The molecule has 1 amide bonds. The second-order valence-electron chi connectivity index (χ2n) is 5.48. The molecule has 0 spiro atoms. The first-order valence-corrected chi connectivity index (χ1v) is 7.20. The van der Waals surface area contributed by atoms with E-state index < -0.39 is 0 Å². The average molecular weight is 294 g/mol. The number of hydrogen-bond acceptors (Lipinski definition) is 4. The maximum Gasteiger partial charge on any atom is 0.224 e. The summed E-state index contributed by atoms with van der Waals surface area (Å²) in [6, 6.07) is 5.43. The normalized spacial score (nSPS) is 12.1. The Bertz CT molecular complexity index is 461. The molecule has 0 saturated heterocycles. The summed E-state index contributed by atoms with van der Waals surface area (Å²) < 4.78 is 10.5. The molecule has 0 fully saturated rings. The van der Waals surface area contributed by atoms with Gasteiger partial charge in [-0.3, -0.25) is 4.79 Å². The van der Waals surface area contributed by atoms with Crippen LogP contribution >= 0.6 is 0 Å². The molecule has 1 aromatic carbocycles. The second kappa shape index (κ2) is 8.52. The first-order chi connectivity index (χ1) is 9.99. The Morgan fingerprint density at radius 1 is 1.29 bits per heavy atom. The van der Waals surface area contributed by atoms with Gasteiger partial charge < -0.3 is 20.5 Å². The fourth-order valence-electron chi connectivity index (χ4n) is 2.25. The summed E-state index contributed by atoms with van der Waals surface area (Å²) in [6.07, 6.45) is 1.12. The minimum Gasteiger partial charge on any atom is -0.497 e. The van der Waals surface area contributed by atoms with Crippen LogP contribution in [0.3, 0.4) is 0 Å². The van der Waals surface area contributed by atoms with E-state index in [9.17, 15) is 4.79 Å². The number of carbonyl (C=O) groups excluding carboxylic acids is 1. The van der Waals surface area contributed by atoms with Gasteiger partial charge in [-0.25, -0.2) is 0 Å². The average Bonchev–Trinajstić information content (AvgIpc) is 2.45. The molecule has 1 unspecified atom stereocenters. The van der Waals surface area contributed by atoms with Gasteiger partial charge in [0.1, 0.15) is 11.5 Å². The molecular formula is C16H26N2O3. The zero-order chi connectivity index (χ0) is 15.8. The highest BCUT2D eigenvalue weighted by Gasteiger charge is 2.15. The molecule has 1 rings (SSSR count). The Morgan fingerprint density at radius 3 is 2.52 bits per heavy atom. The third-order valence-electron chi connectivity index (χ3n) is 3.24. The van der Waals surface area contributed by atoms with E-state index in [1.165, 1.54) is 0 Å². The SMILES string of the molecule is COc1ccc(OC)c(CC(=O)NC(CN)CC(C)C)c1. The van der Waals surface area contributed by atoms with Crippen molar-refractivity contribution in [2.75, 3.05) is 20.8 Å². The molecule has 1 atom stereocenters. The molecule has 0 aromatic heterocycles. The van der Waals surface area contributed by atoms with Gasteiger partial charge in [-0.1, -0.05) is 13.8 Å². The van der Waals surface area contributed by atoms with Crippen molar-refractivity contribution < 1.29 is 14.3 Å². The summed E-state index contributed by atoms with van der Waals surface area (Å²) in [7, 11) is 3.18. The molecule has 0 saturated carbocycles. The number of ether oxygens (including phenoxy) is 2. The number of methoxy groups -OCH3 is 2. The predicted molar refractivity (Wildman–Crippen MR) is 83.7 cm³/mol. The van der Waals surface area contributed by atoms with Crippen molar-refractivity contribution in [3.8, 4) is 11.5 Å². The highest BCUT2D eigenvalue weighted by atomic mass is 16.5. The maximum atomic E-state index is 12.2. The summed E-state index contributed by atoms with van der Waals surface area (Å²) in [4.78, 5) is 12.2. The van der Waals surface area contributed by atoms with E-state index in [2.05, 4.69) is 19.2 Å².